The average molecular weight is 278 g/mol. The average Bonchev–Trinajstić information content (AvgIpc) is 3.14. The lowest BCUT2D eigenvalue weighted by atomic mass is 10.2. The molecule has 3 heterocycles. The molecule has 0 atom stereocenters. The highest BCUT2D eigenvalue weighted by Gasteiger charge is 2.18. The predicted molar refractivity (Wildman–Crippen MR) is 79.0 cm³/mol. The summed E-state index contributed by atoms with van der Waals surface area (Å²) in [7, 11) is 0. The quantitative estimate of drug-likeness (QED) is 0.625. The molecule has 0 saturated heterocycles. The van der Waals surface area contributed by atoms with Gasteiger partial charge in [-0.3, -0.25) is 5.10 Å². The number of hydrogen-bond acceptors (Lipinski definition) is 4. The highest BCUT2D eigenvalue weighted by atomic mass is 15.3. The van der Waals surface area contributed by atoms with Crippen molar-refractivity contribution in [1.82, 2.24) is 29.8 Å². The minimum atomic E-state index is 0.657. The van der Waals surface area contributed by atoms with Gasteiger partial charge < -0.3 is 0 Å². The van der Waals surface area contributed by atoms with Gasteiger partial charge in [-0.1, -0.05) is 37.3 Å². The molecule has 1 aromatic carbocycles. The Morgan fingerprint density at radius 1 is 1.14 bits per heavy atom. The van der Waals surface area contributed by atoms with Crippen molar-refractivity contribution in [3.63, 3.8) is 0 Å². The van der Waals surface area contributed by atoms with Gasteiger partial charge in [0, 0.05) is 12.0 Å². The van der Waals surface area contributed by atoms with E-state index in [2.05, 4.69) is 27.2 Å². The first-order valence-electron chi connectivity index (χ1n) is 7.01. The number of rotatable bonds is 3. The molecule has 2 aromatic rings. The molecule has 0 fully saturated rings. The van der Waals surface area contributed by atoms with Crippen LogP contribution in [0.4, 0.5) is 0 Å². The van der Waals surface area contributed by atoms with Gasteiger partial charge >= 0.3 is 0 Å². The van der Waals surface area contributed by atoms with Crippen LogP contribution >= 0.6 is 0 Å². The van der Waals surface area contributed by atoms with E-state index in [1.165, 1.54) is 0 Å². The van der Waals surface area contributed by atoms with Crippen LogP contribution in [0, 0.1) is 0 Å². The van der Waals surface area contributed by atoms with Gasteiger partial charge in [0.1, 0.15) is 5.82 Å². The molecule has 0 aliphatic carbocycles. The van der Waals surface area contributed by atoms with Crippen molar-refractivity contribution < 1.29 is 0 Å². The summed E-state index contributed by atoms with van der Waals surface area (Å²) in [4.78, 5) is 9.29. The highest BCUT2D eigenvalue weighted by molar-refractivity contribution is 5.74. The van der Waals surface area contributed by atoms with Crippen LogP contribution in [0.3, 0.4) is 0 Å². The Morgan fingerprint density at radius 3 is 2.81 bits per heavy atom. The summed E-state index contributed by atoms with van der Waals surface area (Å²) >= 11 is 0. The molecule has 21 heavy (non-hydrogen) atoms. The van der Waals surface area contributed by atoms with Crippen molar-refractivity contribution >= 4 is 5.65 Å². The molecule has 0 amide bonds. The topological polar surface area (TPSA) is 71.8 Å². The van der Waals surface area contributed by atoms with Crippen LogP contribution in [0.25, 0.3) is 28.4 Å². The molecule has 0 spiro atoms. The normalized spacial score (nSPS) is 11.5. The lowest BCUT2D eigenvalue weighted by Crippen LogP contribution is -2.05. The summed E-state index contributed by atoms with van der Waals surface area (Å²) in [5, 5.41) is 11.4. The molecule has 2 aliphatic rings. The molecule has 0 saturated carbocycles. The Bertz CT molecular complexity index is 861. The molecule has 0 bridgehead atoms. The van der Waals surface area contributed by atoms with Crippen LogP contribution in [-0.4, -0.2) is 29.8 Å². The van der Waals surface area contributed by atoms with Crippen molar-refractivity contribution in [1.29, 1.82) is 0 Å². The van der Waals surface area contributed by atoms with E-state index in [-0.39, 0.29) is 0 Å². The minimum Gasteiger partial charge on any atom is -0.274 e. The Kier molecular flexibility index (Phi) is 2.67. The molecular formula is C15H14N6. The lowest BCUT2D eigenvalue weighted by Gasteiger charge is -2.05. The van der Waals surface area contributed by atoms with E-state index >= 15 is 0 Å². The summed E-state index contributed by atoms with van der Waals surface area (Å²) in [6.07, 6.45) is 3.58. The monoisotopic (exact) mass is 278 g/mol. The summed E-state index contributed by atoms with van der Waals surface area (Å²) < 4.78 is 1.94. The molecule has 2 aliphatic heterocycles. The van der Waals surface area contributed by atoms with Crippen molar-refractivity contribution in [2.75, 3.05) is 0 Å². The number of nitrogens with one attached hydrogen (secondary N) is 1. The third-order valence-electron chi connectivity index (χ3n) is 3.48. The zero-order valence-corrected chi connectivity index (χ0v) is 11.6. The fourth-order valence-corrected chi connectivity index (χ4v) is 2.49. The fraction of sp³-hybridized carbons (Fsp3) is 0.200. The molecule has 0 unspecified atom stereocenters. The second-order valence-corrected chi connectivity index (χ2v) is 4.96. The Morgan fingerprint density at radius 2 is 2.00 bits per heavy atom. The predicted octanol–water partition coefficient (Wildman–Crippen LogP) is 2.57. The number of aromatic amines is 1. The van der Waals surface area contributed by atoms with Crippen molar-refractivity contribution in [3.8, 4) is 22.8 Å². The number of aromatic nitrogens is 6. The molecule has 6 heteroatoms. The first-order valence-corrected chi connectivity index (χ1v) is 7.01. The number of benzene rings is 1. The second kappa shape index (κ2) is 4.66. The maximum atomic E-state index is 4.71. The van der Waals surface area contributed by atoms with E-state index in [9.17, 15) is 0 Å². The van der Waals surface area contributed by atoms with Gasteiger partial charge in [0.25, 0.3) is 0 Å². The van der Waals surface area contributed by atoms with Crippen LogP contribution in [-0.2, 0) is 6.42 Å². The number of hydrogen-bond donors (Lipinski definition) is 1. The summed E-state index contributed by atoms with van der Waals surface area (Å²) in [6.45, 7) is 2.13. The number of fused-ring (bicyclic) bond motifs is 3. The number of aryl methyl sites for hydroxylation is 1. The third kappa shape index (κ3) is 1.87. The molecule has 0 radical (unpaired) electrons. The molecule has 6 nitrogen and oxygen atoms in total. The Labute approximate surface area is 121 Å². The van der Waals surface area contributed by atoms with Gasteiger partial charge in [0.05, 0.1) is 11.8 Å². The van der Waals surface area contributed by atoms with E-state index in [0.717, 1.165) is 41.3 Å². The van der Waals surface area contributed by atoms with E-state index in [0.29, 0.717) is 5.82 Å². The van der Waals surface area contributed by atoms with Crippen molar-refractivity contribution in [2.24, 2.45) is 0 Å². The van der Waals surface area contributed by atoms with Gasteiger partial charge in [-0.2, -0.15) is 5.10 Å². The summed E-state index contributed by atoms with van der Waals surface area (Å²) in [5.74, 6) is 2.41. The third-order valence-corrected chi connectivity index (χ3v) is 3.48. The maximum absolute atomic E-state index is 4.71. The molecule has 1 N–H and O–H groups in total. The van der Waals surface area contributed by atoms with Gasteiger partial charge in [-0.25, -0.2) is 14.5 Å². The Balaban J connectivity index is 2.00. The SMILES string of the molecule is CCCc1nc2nncc-2c2nc(-c3ccccc3)[nH]n12. The Hall–Kier alpha value is -2.76. The van der Waals surface area contributed by atoms with E-state index in [1.54, 1.807) is 6.20 Å². The molecular weight excluding hydrogens is 264 g/mol. The number of H-pyrrole nitrogens is 1. The highest BCUT2D eigenvalue weighted by Crippen LogP contribution is 2.25. The van der Waals surface area contributed by atoms with Gasteiger partial charge in [0.15, 0.2) is 17.3 Å². The zero-order chi connectivity index (χ0) is 14.2. The van der Waals surface area contributed by atoms with Gasteiger partial charge in [0.2, 0.25) is 0 Å². The van der Waals surface area contributed by atoms with Gasteiger partial charge in [-0.05, 0) is 6.42 Å². The van der Waals surface area contributed by atoms with Crippen LogP contribution in [0.5, 0.6) is 0 Å². The van der Waals surface area contributed by atoms with Crippen molar-refractivity contribution in [2.45, 2.75) is 19.8 Å². The van der Waals surface area contributed by atoms with Crippen molar-refractivity contribution in [3.05, 3.63) is 42.4 Å². The van der Waals surface area contributed by atoms with E-state index in [1.807, 2.05) is 34.8 Å². The van der Waals surface area contributed by atoms with E-state index < -0.39 is 0 Å². The van der Waals surface area contributed by atoms with E-state index in [4.69, 9.17) is 4.98 Å². The lowest BCUT2D eigenvalue weighted by molar-refractivity contribution is 0.760. The second-order valence-electron chi connectivity index (χ2n) is 4.96. The summed E-state index contributed by atoms with van der Waals surface area (Å²) in [5.41, 5.74) is 2.74. The number of nitrogens with zero attached hydrogens (tertiary/aromatic N) is 5. The molecule has 104 valence electrons. The largest absolute Gasteiger partial charge is 0.274 e. The molecule has 4 rings (SSSR count). The first-order chi connectivity index (χ1) is 10.4. The smallest absolute Gasteiger partial charge is 0.188 e. The van der Waals surface area contributed by atoms with Crippen LogP contribution in [0.15, 0.2) is 36.5 Å². The molecule has 1 aromatic heterocycles. The minimum absolute atomic E-state index is 0.657. The fourth-order valence-electron chi connectivity index (χ4n) is 2.49. The first kappa shape index (κ1) is 12.0. The van der Waals surface area contributed by atoms with Crippen LogP contribution < -0.4 is 0 Å². The maximum Gasteiger partial charge on any atom is 0.188 e. The standard InChI is InChI=1S/C15H14N6/c1-2-6-12-17-14-11(9-16-19-14)15-18-13(20-21(12)15)10-7-4-3-5-8-10/h3-5,7-9H,2,6H2,1H3,(H,18,20). The zero-order valence-electron chi connectivity index (χ0n) is 11.6. The van der Waals surface area contributed by atoms with Crippen LogP contribution in [0.1, 0.15) is 19.2 Å². The summed E-state index contributed by atoms with van der Waals surface area (Å²) in [6, 6.07) is 10.1. The van der Waals surface area contributed by atoms with Gasteiger partial charge in [-0.15, -0.1) is 5.10 Å². The van der Waals surface area contributed by atoms with Crippen LogP contribution in [0.2, 0.25) is 0 Å².